The van der Waals surface area contributed by atoms with E-state index in [0.29, 0.717) is 10.8 Å². The molecule has 7 nitrogen and oxygen atoms in total. The van der Waals surface area contributed by atoms with Crippen molar-refractivity contribution in [1.82, 2.24) is 24.7 Å². The van der Waals surface area contributed by atoms with E-state index < -0.39 is 5.60 Å². The van der Waals surface area contributed by atoms with E-state index in [1.54, 1.807) is 23.9 Å². The third-order valence-corrected chi connectivity index (χ3v) is 5.51. The predicted molar refractivity (Wildman–Crippen MR) is 101 cm³/mol. The Labute approximate surface area is 154 Å². The van der Waals surface area contributed by atoms with E-state index in [9.17, 15) is 5.11 Å². The van der Waals surface area contributed by atoms with Crippen molar-refractivity contribution in [2.24, 2.45) is 0 Å². The molecule has 132 valence electrons. The number of anilines is 1. The van der Waals surface area contributed by atoms with Gasteiger partial charge in [-0.25, -0.2) is 14.6 Å². The summed E-state index contributed by atoms with van der Waals surface area (Å²) in [5.74, 6) is 0.766. The van der Waals surface area contributed by atoms with Gasteiger partial charge in [0.15, 0.2) is 5.82 Å². The molecule has 0 aliphatic carbocycles. The number of hydrogen-bond acceptors (Lipinski definition) is 7. The van der Waals surface area contributed by atoms with Crippen molar-refractivity contribution in [3.8, 4) is 5.82 Å². The van der Waals surface area contributed by atoms with Gasteiger partial charge in [-0.3, -0.25) is 0 Å². The van der Waals surface area contributed by atoms with Gasteiger partial charge in [0.05, 0.1) is 11.2 Å². The number of rotatable bonds is 3. The number of aromatic nitrogens is 5. The van der Waals surface area contributed by atoms with Crippen molar-refractivity contribution in [2.75, 3.05) is 5.73 Å². The molecule has 0 aliphatic heterocycles. The molecule has 1 atom stereocenters. The van der Waals surface area contributed by atoms with Crippen LogP contribution in [0.2, 0.25) is 0 Å². The fourth-order valence-electron chi connectivity index (χ4n) is 2.93. The van der Waals surface area contributed by atoms with Gasteiger partial charge in [0.25, 0.3) is 0 Å². The molecule has 0 aliphatic rings. The maximum Gasteiger partial charge on any atom is 0.221 e. The minimum Gasteiger partial charge on any atom is -0.378 e. The third kappa shape index (κ3) is 2.63. The molecule has 4 aromatic rings. The maximum atomic E-state index is 11.1. The van der Waals surface area contributed by atoms with E-state index in [0.717, 1.165) is 27.9 Å². The zero-order chi connectivity index (χ0) is 18.5. The summed E-state index contributed by atoms with van der Waals surface area (Å²) in [6, 6.07) is 7.54. The van der Waals surface area contributed by atoms with Crippen LogP contribution in [0.15, 0.2) is 35.8 Å². The summed E-state index contributed by atoms with van der Waals surface area (Å²) in [5, 5.41) is 19.3. The first-order chi connectivity index (χ1) is 12.4. The van der Waals surface area contributed by atoms with Gasteiger partial charge in [0, 0.05) is 28.7 Å². The van der Waals surface area contributed by atoms with Crippen LogP contribution in [0, 0.1) is 13.8 Å². The van der Waals surface area contributed by atoms with Gasteiger partial charge in [-0.1, -0.05) is 12.1 Å². The first kappa shape index (κ1) is 16.6. The lowest BCUT2D eigenvalue weighted by Gasteiger charge is -2.21. The zero-order valence-electron chi connectivity index (χ0n) is 14.6. The number of nitrogen functional groups attached to an aromatic ring is 1. The van der Waals surface area contributed by atoms with Crippen LogP contribution in [-0.2, 0) is 5.60 Å². The second-order valence-corrected chi connectivity index (χ2v) is 7.23. The first-order valence-electron chi connectivity index (χ1n) is 8.10. The largest absolute Gasteiger partial charge is 0.378 e. The molecule has 0 amide bonds. The Morgan fingerprint density at radius 2 is 2.00 bits per heavy atom. The van der Waals surface area contributed by atoms with E-state index in [1.807, 2.05) is 37.4 Å². The smallest absolute Gasteiger partial charge is 0.221 e. The van der Waals surface area contributed by atoms with Crippen LogP contribution in [0.3, 0.4) is 0 Å². The highest BCUT2D eigenvalue weighted by atomic mass is 32.1. The van der Waals surface area contributed by atoms with Gasteiger partial charge >= 0.3 is 0 Å². The molecule has 3 heterocycles. The normalized spacial score (nSPS) is 13.8. The Bertz CT molecular complexity index is 1110. The van der Waals surface area contributed by atoms with Crippen molar-refractivity contribution in [1.29, 1.82) is 0 Å². The molecule has 4 rings (SSSR count). The molecule has 1 unspecified atom stereocenters. The molecule has 3 aromatic heterocycles. The predicted octanol–water partition coefficient (Wildman–Crippen LogP) is 2.73. The SMILES string of the molecule is Cc1csc(C(C)(O)c2ccc3c(C)nn(-c4ccnc(N)n4)c3c2)n1. The van der Waals surface area contributed by atoms with E-state index in [2.05, 4.69) is 20.1 Å². The molecular formula is C18H18N6OS. The zero-order valence-corrected chi connectivity index (χ0v) is 15.4. The van der Waals surface area contributed by atoms with E-state index in [1.165, 1.54) is 11.3 Å². The number of fused-ring (bicyclic) bond motifs is 1. The lowest BCUT2D eigenvalue weighted by Crippen LogP contribution is -2.22. The number of thiazole rings is 1. The summed E-state index contributed by atoms with van der Waals surface area (Å²) < 4.78 is 1.72. The molecule has 0 saturated carbocycles. The van der Waals surface area contributed by atoms with Gasteiger partial charge in [-0.2, -0.15) is 10.1 Å². The van der Waals surface area contributed by atoms with Gasteiger partial charge in [-0.15, -0.1) is 11.3 Å². The third-order valence-electron chi connectivity index (χ3n) is 4.34. The summed E-state index contributed by atoms with van der Waals surface area (Å²) in [6.45, 7) is 5.60. The van der Waals surface area contributed by atoms with Crippen molar-refractivity contribution in [2.45, 2.75) is 26.4 Å². The minimum atomic E-state index is -1.19. The Morgan fingerprint density at radius 3 is 2.69 bits per heavy atom. The highest BCUT2D eigenvalue weighted by molar-refractivity contribution is 7.09. The van der Waals surface area contributed by atoms with Crippen LogP contribution < -0.4 is 5.73 Å². The number of nitrogens with two attached hydrogens (primary N) is 1. The van der Waals surface area contributed by atoms with Crippen molar-refractivity contribution in [3.05, 3.63) is 57.8 Å². The second kappa shape index (κ2) is 5.86. The van der Waals surface area contributed by atoms with Gasteiger partial charge in [-0.05, 0) is 32.4 Å². The molecule has 1 aromatic carbocycles. The fraction of sp³-hybridized carbons (Fsp3) is 0.222. The molecule has 0 radical (unpaired) electrons. The molecule has 0 bridgehead atoms. The van der Waals surface area contributed by atoms with Crippen LogP contribution in [0.1, 0.15) is 28.9 Å². The van der Waals surface area contributed by atoms with Crippen molar-refractivity contribution >= 4 is 28.2 Å². The standard InChI is InChI=1S/C18H18N6OS/c1-10-9-26-16(21-10)18(3,25)12-4-5-13-11(2)23-24(14(13)8-12)15-6-7-20-17(19)22-15/h4-9,25H,1-3H3,(H2,19,20,22). The number of aliphatic hydroxyl groups is 1. The average Bonchev–Trinajstić information content (AvgIpc) is 3.19. The Morgan fingerprint density at radius 1 is 1.19 bits per heavy atom. The van der Waals surface area contributed by atoms with Crippen molar-refractivity contribution in [3.63, 3.8) is 0 Å². The maximum absolute atomic E-state index is 11.1. The molecule has 3 N–H and O–H groups in total. The lowest BCUT2D eigenvalue weighted by atomic mass is 9.95. The van der Waals surface area contributed by atoms with E-state index in [4.69, 9.17) is 5.73 Å². The monoisotopic (exact) mass is 366 g/mol. The second-order valence-electron chi connectivity index (χ2n) is 6.37. The van der Waals surface area contributed by atoms with Gasteiger partial charge in [0.1, 0.15) is 10.6 Å². The topological polar surface area (TPSA) is 103 Å². The van der Waals surface area contributed by atoms with Crippen LogP contribution >= 0.6 is 11.3 Å². The first-order valence-corrected chi connectivity index (χ1v) is 8.98. The molecule has 0 saturated heterocycles. The summed E-state index contributed by atoms with van der Waals surface area (Å²) in [5.41, 5.74) is 7.86. The number of hydrogen-bond donors (Lipinski definition) is 2. The van der Waals surface area contributed by atoms with Crippen LogP contribution in [0.4, 0.5) is 5.95 Å². The van der Waals surface area contributed by atoms with Gasteiger partial charge < -0.3 is 10.8 Å². The highest BCUT2D eigenvalue weighted by Gasteiger charge is 2.29. The summed E-state index contributed by atoms with van der Waals surface area (Å²) in [7, 11) is 0. The average molecular weight is 366 g/mol. The van der Waals surface area contributed by atoms with Crippen LogP contribution in [0.25, 0.3) is 16.7 Å². The Hall–Kier alpha value is -2.84. The van der Waals surface area contributed by atoms with E-state index >= 15 is 0 Å². The van der Waals surface area contributed by atoms with Gasteiger partial charge in [0.2, 0.25) is 5.95 Å². The molecule has 8 heteroatoms. The molecule has 26 heavy (non-hydrogen) atoms. The molecule has 0 spiro atoms. The molecular weight excluding hydrogens is 348 g/mol. The summed E-state index contributed by atoms with van der Waals surface area (Å²) in [4.78, 5) is 12.6. The highest BCUT2D eigenvalue weighted by Crippen LogP contribution is 2.34. The van der Waals surface area contributed by atoms with Crippen molar-refractivity contribution < 1.29 is 5.11 Å². The fourth-order valence-corrected chi connectivity index (χ4v) is 3.81. The Balaban J connectivity index is 1.90. The quantitative estimate of drug-likeness (QED) is 0.578. The minimum absolute atomic E-state index is 0.185. The van der Waals surface area contributed by atoms with E-state index in [-0.39, 0.29) is 5.95 Å². The van der Waals surface area contributed by atoms with Crippen LogP contribution in [0.5, 0.6) is 0 Å². The summed E-state index contributed by atoms with van der Waals surface area (Å²) in [6.07, 6.45) is 1.60. The van der Waals surface area contributed by atoms with Crippen LogP contribution in [-0.4, -0.2) is 29.8 Å². The molecule has 0 fully saturated rings. The number of aryl methyl sites for hydroxylation is 2. The Kier molecular flexibility index (Phi) is 3.74. The summed E-state index contributed by atoms with van der Waals surface area (Å²) >= 11 is 1.44. The lowest BCUT2D eigenvalue weighted by molar-refractivity contribution is 0.102. The number of benzene rings is 1. The number of nitrogens with zero attached hydrogens (tertiary/aromatic N) is 5.